The van der Waals surface area contributed by atoms with Crippen LogP contribution in [-0.2, 0) is 9.47 Å². The normalized spacial score (nSPS) is 18.4. The summed E-state index contributed by atoms with van der Waals surface area (Å²) in [7, 11) is 0. The molecule has 0 aliphatic carbocycles. The van der Waals surface area contributed by atoms with Crippen LogP contribution >= 0.6 is 24.0 Å². The molecule has 0 saturated carbocycles. The van der Waals surface area contributed by atoms with Crippen molar-refractivity contribution in [2.75, 3.05) is 52.5 Å². The van der Waals surface area contributed by atoms with E-state index in [1.165, 1.54) is 19.4 Å². The van der Waals surface area contributed by atoms with Gasteiger partial charge in [-0.1, -0.05) is 13.8 Å². The molecule has 1 heterocycles. The third-order valence-electron chi connectivity index (χ3n) is 4.78. The lowest BCUT2D eigenvalue weighted by Crippen LogP contribution is -2.42. The summed E-state index contributed by atoms with van der Waals surface area (Å²) in [6.45, 7) is 16.3. The summed E-state index contributed by atoms with van der Waals surface area (Å²) in [6.07, 6.45) is 5.94. The Labute approximate surface area is 184 Å². The lowest BCUT2D eigenvalue weighted by molar-refractivity contribution is 0.0171. The Morgan fingerprint density at radius 2 is 2.04 bits per heavy atom. The second-order valence-corrected chi connectivity index (χ2v) is 7.04. The second-order valence-electron chi connectivity index (χ2n) is 7.04. The summed E-state index contributed by atoms with van der Waals surface area (Å²) in [5.41, 5.74) is 0. The highest BCUT2D eigenvalue weighted by Crippen LogP contribution is 2.11. The molecule has 2 atom stereocenters. The maximum absolute atomic E-state index is 5.70. The van der Waals surface area contributed by atoms with Crippen LogP contribution in [0.4, 0.5) is 0 Å². The number of nitrogens with zero attached hydrogens (tertiary/aromatic N) is 2. The highest BCUT2D eigenvalue weighted by atomic mass is 127. The monoisotopic (exact) mass is 498 g/mol. The van der Waals surface area contributed by atoms with E-state index in [0.717, 1.165) is 71.2 Å². The molecule has 0 radical (unpaired) electrons. The molecule has 1 rings (SSSR count). The van der Waals surface area contributed by atoms with E-state index >= 15 is 0 Å². The van der Waals surface area contributed by atoms with Crippen LogP contribution in [0.2, 0.25) is 0 Å². The van der Waals surface area contributed by atoms with E-state index in [-0.39, 0.29) is 24.0 Å². The van der Waals surface area contributed by atoms with Gasteiger partial charge in [0.2, 0.25) is 0 Å². The van der Waals surface area contributed by atoms with Crippen LogP contribution in [0.15, 0.2) is 4.99 Å². The fraction of sp³-hybridized carbons (Fsp3) is 0.950. The molecule has 7 heteroatoms. The predicted molar refractivity (Wildman–Crippen MR) is 125 cm³/mol. The molecular weight excluding hydrogens is 455 g/mol. The molecule has 27 heavy (non-hydrogen) atoms. The molecule has 0 bridgehead atoms. The first kappa shape index (κ1) is 26.9. The molecule has 2 unspecified atom stereocenters. The molecule has 6 nitrogen and oxygen atoms in total. The number of aliphatic imine (C=N–C) groups is 1. The van der Waals surface area contributed by atoms with Crippen LogP contribution in [0.3, 0.4) is 0 Å². The van der Waals surface area contributed by atoms with Crippen molar-refractivity contribution < 1.29 is 9.47 Å². The van der Waals surface area contributed by atoms with Gasteiger partial charge in [0, 0.05) is 32.3 Å². The van der Waals surface area contributed by atoms with Gasteiger partial charge in [-0.2, -0.15) is 0 Å². The van der Waals surface area contributed by atoms with Gasteiger partial charge in [-0.15, -0.1) is 24.0 Å². The minimum absolute atomic E-state index is 0. The standard InChI is InChI=1S/C20H42N4O2.HI/c1-5-21-20(23-18(4)11-8-14-24(6-2)7-3)22-13-10-15-25-17-19-12-9-16-26-19;/h18-19H,5-17H2,1-4H3,(H2,21,22,23);1H. The van der Waals surface area contributed by atoms with Gasteiger partial charge in [0.25, 0.3) is 0 Å². The first-order valence-corrected chi connectivity index (χ1v) is 10.7. The summed E-state index contributed by atoms with van der Waals surface area (Å²) in [6, 6.07) is 0.430. The Balaban J connectivity index is 0.00000676. The van der Waals surface area contributed by atoms with Crippen LogP contribution in [0.5, 0.6) is 0 Å². The van der Waals surface area contributed by atoms with Crippen molar-refractivity contribution in [3.8, 4) is 0 Å². The lowest BCUT2D eigenvalue weighted by Gasteiger charge is -2.21. The van der Waals surface area contributed by atoms with E-state index in [4.69, 9.17) is 9.47 Å². The van der Waals surface area contributed by atoms with Gasteiger partial charge >= 0.3 is 0 Å². The summed E-state index contributed by atoms with van der Waals surface area (Å²) < 4.78 is 11.3. The summed E-state index contributed by atoms with van der Waals surface area (Å²) in [5.74, 6) is 0.918. The molecule has 162 valence electrons. The summed E-state index contributed by atoms with van der Waals surface area (Å²) in [5, 5.41) is 6.86. The number of nitrogens with one attached hydrogen (secondary N) is 2. The highest BCUT2D eigenvalue weighted by molar-refractivity contribution is 14.0. The first-order chi connectivity index (χ1) is 12.7. The van der Waals surface area contributed by atoms with Crippen LogP contribution in [-0.4, -0.2) is 75.5 Å². The van der Waals surface area contributed by atoms with Crippen LogP contribution in [0, 0.1) is 0 Å². The predicted octanol–water partition coefficient (Wildman–Crippen LogP) is 3.26. The van der Waals surface area contributed by atoms with Gasteiger partial charge < -0.3 is 25.0 Å². The molecule has 0 aromatic heterocycles. The minimum Gasteiger partial charge on any atom is -0.379 e. The maximum Gasteiger partial charge on any atom is 0.191 e. The average molecular weight is 498 g/mol. The molecule has 1 saturated heterocycles. The molecule has 0 aromatic rings. The zero-order valence-electron chi connectivity index (χ0n) is 18.0. The topological polar surface area (TPSA) is 58.1 Å². The largest absolute Gasteiger partial charge is 0.379 e. The Morgan fingerprint density at radius 1 is 1.26 bits per heavy atom. The molecule has 1 aliphatic rings. The molecule has 0 aromatic carbocycles. The van der Waals surface area contributed by atoms with Crippen molar-refractivity contribution >= 4 is 29.9 Å². The number of guanidine groups is 1. The van der Waals surface area contributed by atoms with E-state index in [0.29, 0.717) is 12.1 Å². The van der Waals surface area contributed by atoms with Crippen molar-refractivity contribution in [2.24, 2.45) is 4.99 Å². The number of rotatable bonds is 14. The average Bonchev–Trinajstić information content (AvgIpc) is 3.15. The maximum atomic E-state index is 5.70. The third kappa shape index (κ3) is 13.7. The quantitative estimate of drug-likeness (QED) is 0.167. The van der Waals surface area contributed by atoms with Crippen molar-refractivity contribution in [1.29, 1.82) is 0 Å². The van der Waals surface area contributed by atoms with Crippen LogP contribution in [0.25, 0.3) is 0 Å². The van der Waals surface area contributed by atoms with E-state index in [9.17, 15) is 0 Å². The molecular formula is C20H43IN4O2. The van der Waals surface area contributed by atoms with Gasteiger partial charge in [0.05, 0.1) is 12.7 Å². The number of ether oxygens (including phenoxy) is 2. The Morgan fingerprint density at radius 3 is 2.67 bits per heavy atom. The van der Waals surface area contributed by atoms with Crippen molar-refractivity contribution in [1.82, 2.24) is 15.5 Å². The fourth-order valence-electron chi connectivity index (χ4n) is 3.13. The fourth-order valence-corrected chi connectivity index (χ4v) is 3.13. The second kappa shape index (κ2) is 17.9. The third-order valence-corrected chi connectivity index (χ3v) is 4.78. The van der Waals surface area contributed by atoms with Crippen molar-refractivity contribution in [3.05, 3.63) is 0 Å². The van der Waals surface area contributed by atoms with E-state index < -0.39 is 0 Å². The van der Waals surface area contributed by atoms with Gasteiger partial charge in [-0.25, -0.2) is 0 Å². The molecule has 2 N–H and O–H groups in total. The summed E-state index contributed by atoms with van der Waals surface area (Å²) >= 11 is 0. The van der Waals surface area contributed by atoms with Crippen LogP contribution in [0.1, 0.15) is 59.8 Å². The molecule has 0 spiro atoms. The van der Waals surface area contributed by atoms with Gasteiger partial charge in [-0.05, 0) is 65.6 Å². The van der Waals surface area contributed by atoms with Gasteiger partial charge in [-0.3, -0.25) is 4.99 Å². The van der Waals surface area contributed by atoms with E-state index in [1.807, 2.05) is 0 Å². The van der Waals surface area contributed by atoms with Gasteiger partial charge in [0.1, 0.15) is 0 Å². The van der Waals surface area contributed by atoms with E-state index in [1.54, 1.807) is 0 Å². The zero-order valence-corrected chi connectivity index (χ0v) is 20.3. The smallest absolute Gasteiger partial charge is 0.191 e. The lowest BCUT2D eigenvalue weighted by atomic mass is 10.2. The number of hydrogen-bond donors (Lipinski definition) is 2. The summed E-state index contributed by atoms with van der Waals surface area (Å²) in [4.78, 5) is 7.15. The number of hydrogen-bond acceptors (Lipinski definition) is 4. The Bertz CT molecular complexity index is 362. The first-order valence-electron chi connectivity index (χ1n) is 10.7. The Hall–Kier alpha value is -0.120. The van der Waals surface area contributed by atoms with E-state index in [2.05, 4.69) is 48.2 Å². The Kier molecular flexibility index (Phi) is 17.9. The number of halogens is 1. The molecule has 0 amide bonds. The molecule has 1 fully saturated rings. The highest BCUT2D eigenvalue weighted by Gasteiger charge is 2.14. The SMILES string of the molecule is CCNC(=NCCCOCC1CCCO1)NC(C)CCCN(CC)CC.I. The van der Waals surface area contributed by atoms with Crippen molar-refractivity contribution in [3.63, 3.8) is 0 Å². The zero-order chi connectivity index (χ0) is 19.0. The molecule has 1 aliphatic heterocycles. The van der Waals surface area contributed by atoms with Crippen LogP contribution < -0.4 is 10.6 Å². The van der Waals surface area contributed by atoms with Gasteiger partial charge in [0.15, 0.2) is 5.96 Å². The van der Waals surface area contributed by atoms with Crippen molar-refractivity contribution in [2.45, 2.75) is 71.9 Å². The minimum atomic E-state index is 0.